The Morgan fingerprint density at radius 3 is 2.75 bits per heavy atom. The van der Waals surface area contributed by atoms with Crippen LogP contribution in [0.4, 0.5) is 4.39 Å². The molecular weight excluding hydrogens is 157 g/mol. The van der Waals surface area contributed by atoms with Crippen LogP contribution in [0.3, 0.4) is 0 Å². The Morgan fingerprint density at radius 1 is 1.67 bits per heavy atom. The zero-order valence-corrected chi connectivity index (χ0v) is 7.02. The third-order valence-electron chi connectivity index (χ3n) is 2.37. The van der Waals surface area contributed by atoms with Crippen molar-refractivity contribution in [1.82, 2.24) is 9.97 Å². The van der Waals surface area contributed by atoms with Gasteiger partial charge in [0.2, 0.25) is 0 Å². The van der Waals surface area contributed by atoms with Crippen LogP contribution in [0.1, 0.15) is 30.1 Å². The first kappa shape index (κ1) is 7.73. The van der Waals surface area contributed by atoms with Crippen LogP contribution in [0, 0.1) is 6.92 Å². The molecule has 3 N–H and O–H groups in total. The zero-order valence-electron chi connectivity index (χ0n) is 7.02. The number of imidazole rings is 1. The van der Waals surface area contributed by atoms with Crippen LogP contribution in [0.25, 0.3) is 0 Å². The van der Waals surface area contributed by atoms with E-state index in [0.717, 1.165) is 24.4 Å². The molecule has 0 aliphatic heterocycles. The molecule has 1 aliphatic carbocycles. The molecule has 1 aromatic rings. The molecule has 0 spiro atoms. The molecular formula is C8H12FN3. The van der Waals surface area contributed by atoms with Crippen molar-refractivity contribution in [3.63, 3.8) is 0 Å². The van der Waals surface area contributed by atoms with Gasteiger partial charge in [0.05, 0.1) is 11.2 Å². The standard InChI is InChI=1S/C8H12FN3/c1-5-6(4-9)12-7(11-5)8(10)2-3-8/h2-4,10H2,1H3,(H,11,12). The molecule has 12 heavy (non-hydrogen) atoms. The lowest BCUT2D eigenvalue weighted by Crippen LogP contribution is -2.20. The van der Waals surface area contributed by atoms with Crippen LogP contribution >= 0.6 is 0 Å². The smallest absolute Gasteiger partial charge is 0.133 e. The van der Waals surface area contributed by atoms with Crippen LogP contribution in [-0.2, 0) is 12.2 Å². The number of nitrogens with zero attached hydrogens (tertiary/aromatic N) is 1. The number of rotatable bonds is 2. The Balaban J connectivity index is 2.34. The number of aromatic nitrogens is 2. The molecule has 1 fully saturated rings. The first-order chi connectivity index (χ1) is 5.65. The van der Waals surface area contributed by atoms with Crippen molar-refractivity contribution in [3.8, 4) is 0 Å². The quantitative estimate of drug-likeness (QED) is 0.697. The number of H-pyrrole nitrogens is 1. The summed E-state index contributed by atoms with van der Waals surface area (Å²) in [5.41, 5.74) is 6.89. The van der Waals surface area contributed by atoms with Crippen molar-refractivity contribution >= 4 is 0 Å². The van der Waals surface area contributed by atoms with E-state index in [1.165, 1.54) is 0 Å². The number of aryl methyl sites for hydroxylation is 1. The van der Waals surface area contributed by atoms with Gasteiger partial charge in [-0.2, -0.15) is 0 Å². The normalized spacial score (nSPS) is 19.6. The summed E-state index contributed by atoms with van der Waals surface area (Å²) in [5.74, 6) is 0.743. The lowest BCUT2D eigenvalue weighted by atomic mass is 10.3. The van der Waals surface area contributed by atoms with E-state index in [-0.39, 0.29) is 5.54 Å². The minimum atomic E-state index is -0.515. The van der Waals surface area contributed by atoms with Crippen LogP contribution in [0.5, 0.6) is 0 Å². The van der Waals surface area contributed by atoms with Crippen LogP contribution < -0.4 is 5.73 Å². The molecule has 0 radical (unpaired) electrons. The Kier molecular flexibility index (Phi) is 1.48. The number of alkyl halides is 1. The maximum absolute atomic E-state index is 12.3. The Morgan fingerprint density at radius 2 is 2.33 bits per heavy atom. The first-order valence-electron chi connectivity index (χ1n) is 4.06. The van der Waals surface area contributed by atoms with E-state index < -0.39 is 6.67 Å². The van der Waals surface area contributed by atoms with Crippen molar-refractivity contribution in [3.05, 3.63) is 17.2 Å². The second kappa shape index (κ2) is 2.29. The summed E-state index contributed by atoms with van der Waals surface area (Å²) in [7, 11) is 0. The minimum Gasteiger partial charge on any atom is -0.344 e. The first-order valence-corrected chi connectivity index (χ1v) is 4.06. The lowest BCUT2D eigenvalue weighted by Gasteiger charge is -2.01. The number of hydrogen-bond donors (Lipinski definition) is 2. The Labute approximate surface area is 70.2 Å². The van der Waals surface area contributed by atoms with Crippen molar-refractivity contribution in [2.45, 2.75) is 32.0 Å². The van der Waals surface area contributed by atoms with E-state index in [0.29, 0.717) is 5.69 Å². The lowest BCUT2D eigenvalue weighted by molar-refractivity contribution is 0.474. The van der Waals surface area contributed by atoms with Gasteiger partial charge in [-0.15, -0.1) is 0 Å². The molecule has 0 bridgehead atoms. The Bertz CT molecular complexity index is 301. The van der Waals surface area contributed by atoms with Gasteiger partial charge >= 0.3 is 0 Å². The Hall–Kier alpha value is -0.900. The fourth-order valence-electron chi connectivity index (χ4n) is 1.23. The third kappa shape index (κ3) is 1.03. The summed E-state index contributed by atoms with van der Waals surface area (Å²) < 4.78 is 12.3. The van der Waals surface area contributed by atoms with Gasteiger partial charge in [0.15, 0.2) is 0 Å². The van der Waals surface area contributed by atoms with Gasteiger partial charge in [-0.3, -0.25) is 0 Å². The average Bonchev–Trinajstić information content (AvgIpc) is 2.65. The van der Waals surface area contributed by atoms with E-state index in [4.69, 9.17) is 5.73 Å². The number of aromatic amines is 1. The molecule has 0 unspecified atom stereocenters. The molecule has 1 saturated carbocycles. The van der Waals surface area contributed by atoms with Gasteiger partial charge < -0.3 is 10.7 Å². The fourth-order valence-corrected chi connectivity index (χ4v) is 1.23. The number of nitrogens with two attached hydrogens (primary N) is 1. The summed E-state index contributed by atoms with van der Waals surface area (Å²) in [5, 5.41) is 0. The second-order valence-electron chi connectivity index (χ2n) is 3.45. The topological polar surface area (TPSA) is 54.7 Å². The molecule has 4 heteroatoms. The predicted octanol–water partition coefficient (Wildman–Crippen LogP) is 1.14. The highest BCUT2D eigenvalue weighted by Gasteiger charge is 2.43. The molecule has 0 atom stereocenters. The molecule has 0 aromatic carbocycles. The molecule has 3 nitrogen and oxygen atoms in total. The zero-order chi connectivity index (χ0) is 8.77. The van der Waals surface area contributed by atoms with Crippen LogP contribution in [0.2, 0.25) is 0 Å². The largest absolute Gasteiger partial charge is 0.344 e. The van der Waals surface area contributed by atoms with E-state index in [1.807, 2.05) is 6.92 Å². The molecule has 0 amide bonds. The molecule has 2 rings (SSSR count). The van der Waals surface area contributed by atoms with Crippen molar-refractivity contribution in [2.24, 2.45) is 5.73 Å². The van der Waals surface area contributed by atoms with E-state index in [2.05, 4.69) is 9.97 Å². The van der Waals surface area contributed by atoms with Gasteiger partial charge in [0.25, 0.3) is 0 Å². The summed E-state index contributed by atoms with van der Waals surface area (Å²) in [4.78, 5) is 7.13. The highest BCUT2D eigenvalue weighted by atomic mass is 19.1. The second-order valence-corrected chi connectivity index (χ2v) is 3.45. The van der Waals surface area contributed by atoms with Gasteiger partial charge in [-0.25, -0.2) is 9.37 Å². The SMILES string of the molecule is Cc1[nH]c(C2(N)CC2)nc1CF. The predicted molar refractivity (Wildman–Crippen MR) is 43.2 cm³/mol. The summed E-state index contributed by atoms with van der Waals surface area (Å²) in [6.45, 7) is 1.30. The fraction of sp³-hybridized carbons (Fsp3) is 0.625. The van der Waals surface area contributed by atoms with Gasteiger partial charge in [-0.05, 0) is 19.8 Å². The van der Waals surface area contributed by atoms with Crippen LogP contribution in [-0.4, -0.2) is 9.97 Å². The molecule has 1 aromatic heterocycles. The van der Waals surface area contributed by atoms with E-state index in [9.17, 15) is 4.39 Å². The summed E-state index contributed by atoms with van der Waals surface area (Å²) in [6.07, 6.45) is 1.90. The van der Waals surface area contributed by atoms with Gasteiger partial charge in [-0.1, -0.05) is 0 Å². The highest BCUT2D eigenvalue weighted by molar-refractivity contribution is 5.21. The third-order valence-corrected chi connectivity index (χ3v) is 2.37. The van der Waals surface area contributed by atoms with E-state index in [1.54, 1.807) is 0 Å². The number of halogens is 1. The number of nitrogens with one attached hydrogen (secondary N) is 1. The number of hydrogen-bond acceptors (Lipinski definition) is 2. The van der Waals surface area contributed by atoms with Crippen molar-refractivity contribution < 1.29 is 4.39 Å². The molecule has 1 aliphatic rings. The molecule has 1 heterocycles. The van der Waals surface area contributed by atoms with Gasteiger partial charge in [0.1, 0.15) is 12.5 Å². The summed E-state index contributed by atoms with van der Waals surface area (Å²) in [6, 6.07) is 0. The molecule has 66 valence electrons. The molecule has 0 saturated heterocycles. The maximum atomic E-state index is 12.3. The minimum absolute atomic E-state index is 0.280. The van der Waals surface area contributed by atoms with Crippen LogP contribution in [0.15, 0.2) is 0 Å². The van der Waals surface area contributed by atoms with Crippen molar-refractivity contribution in [2.75, 3.05) is 0 Å². The monoisotopic (exact) mass is 169 g/mol. The van der Waals surface area contributed by atoms with Gasteiger partial charge in [0, 0.05) is 5.69 Å². The summed E-state index contributed by atoms with van der Waals surface area (Å²) >= 11 is 0. The maximum Gasteiger partial charge on any atom is 0.133 e. The van der Waals surface area contributed by atoms with E-state index >= 15 is 0 Å². The highest BCUT2D eigenvalue weighted by Crippen LogP contribution is 2.41. The average molecular weight is 169 g/mol. The van der Waals surface area contributed by atoms with Crippen molar-refractivity contribution in [1.29, 1.82) is 0 Å².